The number of benzene rings is 3. The summed E-state index contributed by atoms with van der Waals surface area (Å²) in [5.74, 6) is -0.271. The fourth-order valence-corrected chi connectivity index (χ4v) is 8.28. The summed E-state index contributed by atoms with van der Waals surface area (Å²) < 4.78 is 18.4. The molecule has 1 amide bonds. The van der Waals surface area contributed by atoms with E-state index in [4.69, 9.17) is 52.5 Å². The van der Waals surface area contributed by atoms with Crippen LogP contribution in [0.4, 0.5) is 0 Å². The summed E-state index contributed by atoms with van der Waals surface area (Å²) >= 11 is 14.0. The molecule has 1 saturated heterocycles. The fraction of sp³-hybridized carbons (Fsp3) is 0.304. The number of amides is 1. The van der Waals surface area contributed by atoms with Gasteiger partial charge in [0, 0.05) is 60.9 Å². The van der Waals surface area contributed by atoms with Crippen molar-refractivity contribution in [2.45, 2.75) is 70.1 Å². The molecule has 3 aromatic carbocycles. The van der Waals surface area contributed by atoms with Crippen LogP contribution in [0.5, 0.6) is 17.6 Å². The molecule has 3 heterocycles. The Morgan fingerprint density at radius 3 is 2.37 bits per heavy atom. The molecule has 5 N–H and O–H groups in total. The quantitative estimate of drug-likeness (QED) is 0.0613. The normalized spacial score (nSPS) is 15.9. The topological polar surface area (TPSA) is 212 Å². The van der Waals surface area contributed by atoms with Gasteiger partial charge in [-0.3, -0.25) is 9.59 Å². The second kappa shape index (κ2) is 20.1. The van der Waals surface area contributed by atoms with Gasteiger partial charge in [-0.15, -0.1) is 0 Å². The van der Waals surface area contributed by atoms with E-state index in [0.717, 1.165) is 39.8 Å². The minimum atomic E-state index is -1.12. The molecule has 1 aliphatic heterocycles. The van der Waals surface area contributed by atoms with Crippen molar-refractivity contribution in [3.8, 4) is 52.2 Å². The molecule has 0 spiro atoms. The van der Waals surface area contributed by atoms with Crippen LogP contribution in [0.15, 0.2) is 72.8 Å². The highest BCUT2D eigenvalue weighted by molar-refractivity contribution is 6.36. The Morgan fingerprint density at radius 2 is 1.65 bits per heavy atom. The molecule has 0 unspecified atom stereocenters. The molecule has 16 heteroatoms. The van der Waals surface area contributed by atoms with Gasteiger partial charge in [0.1, 0.15) is 17.7 Å². The lowest BCUT2D eigenvalue weighted by Gasteiger charge is -2.19. The number of hydrogen-bond acceptors (Lipinski definition) is 12. The number of hydrogen-bond donors (Lipinski definition) is 5. The second-order valence-corrected chi connectivity index (χ2v) is 15.8. The number of carboxylic acid groups (broad SMARTS) is 1. The Hall–Kier alpha value is -6.26. The lowest BCUT2D eigenvalue weighted by molar-refractivity contribution is -0.139. The lowest BCUT2D eigenvalue weighted by Crippen LogP contribution is -2.35. The molecular formula is C46H43Cl2N7O7. The van der Waals surface area contributed by atoms with E-state index < -0.39 is 24.6 Å². The third-order valence-corrected chi connectivity index (χ3v) is 11.4. The maximum atomic E-state index is 11.6. The van der Waals surface area contributed by atoms with E-state index >= 15 is 0 Å². The molecule has 318 valence electrons. The molecule has 7 rings (SSSR count). The number of nitriles is 2. The third kappa shape index (κ3) is 10.4. The van der Waals surface area contributed by atoms with E-state index in [1.54, 1.807) is 25.3 Å². The molecule has 0 radical (unpaired) electrons. The molecule has 1 aliphatic carbocycles. The smallest absolute Gasteiger partial charge is 0.306 e. The second-order valence-electron chi connectivity index (χ2n) is 15.0. The number of carbonyl (C=O) groups excluding carboxylic acids is 1. The number of nitrogens with zero attached hydrogens (tertiary/aromatic N) is 4. The average Bonchev–Trinajstić information content (AvgIpc) is 3.89. The van der Waals surface area contributed by atoms with Crippen molar-refractivity contribution in [3.63, 3.8) is 0 Å². The monoisotopic (exact) mass is 875 g/mol. The highest BCUT2D eigenvalue weighted by Gasteiger charge is 2.29. The number of rotatable bonds is 18. The van der Waals surface area contributed by atoms with Crippen LogP contribution in [-0.4, -0.2) is 64.4 Å². The number of fused-ring (bicyclic) bond motifs is 1. The molecule has 2 aromatic heterocycles. The van der Waals surface area contributed by atoms with E-state index in [0.29, 0.717) is 71.2 Å². The average molecular weight is 877 g/mol. The van der Waals surface area contributed by atoms with Gasteiger partial charge in [0.2, 0.25) is 23.5 Å². The third-order valence-electron chi connectivity index (χ3n) is 10.7. The molecule has 5 aromatic rings. The highest BCUT2D eigenvalue weighted by Crippen LogP contribution is 2.45. The lowest BCUT2D eigenvalue weighted by atomic mass is 9.94. The zero-order chi connectivity index (χ0) is 43.8. The molecule has 3 atom stereocenters. The summed E-state index contributed by atoms with van der Waals surface area (Å²) in [5, 5.41) is 48.2. The summed E-state index contributed by atoms with van der Waals surface area (Å²) in [4.78, 5) is 32.2. The van der Waals surface area contributed by atoms with E-state index in [9.17, 15) is 25.2 Å². The van der Waals surface area contributed by atoms with Gasteiger partial charge >= 0.3 is 5.97 Å². The van der Waals surface area contributed by atoms with Crippen molar-refractivity contribution in [2.24, 2.45) is 0 Å². The van der Waals surface area contributed by atoms with Gasteiger partial charge < -0.3 is 40.4 Å². The van der Waals surface area contributed by atoms with Crippen LogP contribution >= 0.6 is 23.2 Å². The van der Waals surface area contributed by atoms with Crippen LogP contribution in [0.25, 0.3) is 22.4 Å². The SMILES string of the molecule is COc1nc(-c2cccc(-c3cccc4c3CC[C@@H]4Oc3nc(OCc4cc(C#N)cc(C#N)c4)c(CNC[C@@H](O)CC(=O)O)cc3Cl)c2Cl)ccc1CNC[C@@H]1CCC(=O)N1. The summed E-state index contributed by atoms with van der Waals surface area (Å²) in [5.41, 5.74) is 7.80. The largest absolute Gasteiger partial charge is 0.481 e. The summed E-state index contributed by atoms with van der Waals surface area (Å²) in [6.45, 7) is 1.26. The van der Waals surface area contributed by atoms with E-state index in [1.165, 1.54) is 6.07 Å². The van der Waals surface area contributed by atoms with Gasteiger partial charge in [-0.05, 0) is 71.8 Å². The van der Waals surface area contributed by atoms with Crippen LogP contribution in [0, 0.1) is 22.7 Å². The van der Waals surface area contributed by atoms with Gasteiger partial charge in [-0.1, -0.05) is 65.7 Å². The Kier molecular flexibility index (Phi) is 14.2. The van der Waals surface area contributed by atoms with Gasteiger partial charge in [0.25, 0.3) is 0 Å². The van der Waals surface area contributed by atoms with Crippen molar-refractivity contribution in [3.05, 3.63) is 122 Å². The number of aliphatic carboxylic acids is 1. The van der Waals surface area contributed by atoms with Crippen LogP contribution < -0.4 is 30.2 Å². The van der Waals surface area contributed by atoms with E-state index in [-0.39, 0.29) is 48.4 Å². The fourth-order valence-electron chi connectivity index (χ4n) is 7.74. The first kappa shape index (κ1) is 43.8. The number of aliphatic hydroxyl groups is 1. The Morgan fingerprint density at radius 1 is 0.903 bits per heavy atom. The first-order valence-electron chi connectivity index (χ1n) is 20.0. The predicted octanol–water partition coefficient (Wildman–Crippen LogP) is 6.81. The van der Waals surface area contributed by atoms with Crippen molar-refractivity contribution in [1.29, 1.82) is 10.5 Å². The predicted molar refractivity (Wildman–Crippen MR) is 231 cm³/mol. The van der Waals surface area contributed by atoms with Gasteiger partial charge in [0.05, 0.1) is 53.6 Å². The summed E-state index contributed by atoms with van der Waals surface area (Å²) in [6.07, 6.45) is 0.714. The van der Waals surface area contributed by atoms with Gasteiger partial charge in [-0.2, -0.15) is 15.5 Å². The zero-order valence-electron chi connectivity index (χ0n) is 33.7. The van der Waals surface area contributed by atoms with Crippen LogP contribution in [-0.2, 0) is 35.7 Å². The maximum absolute atomic E-state index is 11.6. The maximum Gasteiger partial charge on any atom is 0.306 e. The van der Waals surface area contributed by atoms with Gasteiger partial charge in [-0.25, -0.2) is 4.98 Å². The molecule has 62 heavy (non-hydrogen) atoms. The number of pyridine rings is 2. The minimum absolute atomic E-state index is 0.00966. The molecular weight excluding hydrogens is 833 g/mol. The van der Waals surface area contributed by atoms with Crippen molar-refractivity contribution in [1.82, 2.24) is 25.9 Å². The molecule has 1 fully saturated rings. The number of carboxylic acids is 1. The van der Waals surface area contributed by atoms with Crippen LogP contribution in [0.1, 0.15) is 70.7 Å². The Balaban J connectivity index is 1.11. The van der Waals surface area contributed by atoms with Gasteiger partial charge in [0.15, 0.2) is 0 Å². The summed E-state index contributed by atoms with van der Waals surface area (Å²) in [7, 11) is 1.58. The van der Waals surface area contributed by atoms with E-state index in [1.807, 2.05) is 48.5 Å². The standard InChI is InChI=1S/C46H43Cl2N7O7/c1-60-44-29(21-51-23-31-9-13-41(57)53-31)8-11-39(54-44)37-7-3-6-36(43(37)48)33-4-2-5-35-34(33)10-12-40(35)62-46-38(47)17-30(22-52-24-32(56)18-42(58)59)45(55-46)61-25-28-15-26(19-49)14-27(16-28)20-50/h2-8,11,14-17,31-32,40,51-52,56H,9-10,12-13,18,21-25H2,1H3,(H,53,57)(H,58,59)/t31-,32-,40-/m0/s1. The van der Waals surface area contributed by atoms with Crippen molar-refractivity contribution < 1.29 is 34.0 Å². The number of ether oxygens (including phenoxy) is 3. The van der Waals surface area contributed by atoms with Crippen molar-refractivity contribution >= 4 is 35.1 Å². The first-order chi connectivity index (χ1) is 30.0. The molecule has 14 nitrogen and oxygen atoms in total. The van der Waals surface area contributed by atoms with Crippen molar-refractivity contribution in [2.75, 3.05) is 20.2 Å². The number of halogens is 2. The van der Waals surface area contributed by atoms with Crippen LogP contribution in [0.2, 0.25) is 10.0 Å². The minimum Gasteiger partial charge on any atom is -0.481 e. The molecule has 2 aliphatic rings. The number of carbonyl (C=O) groups is 2. The Labute approximate surface area is 368 Å². The highest BCUT2D eigenvalue weighted by atomic mass is 35.5. The zero-order valence-corrected chi connectivity index (χ0v) is 35.2. The number of methoxy groups -OCH3 is 1. The summed E-state index contributed by atoms with van der Waals surface area (Å²) in [6, 6.07) is 26.3. The van der Waals surface area contributed by atoms with Crippen LogP contribution in [0.3, 0.4) is 0 Å². The van der Waals surface area contributed by atoms with E-state index in [2.05, 4.69) is 28.1 Å². The first-order valence-corrected chi connectivity index (χ1v) is 20.8. The molecule has 0 saturated carbocycles. The number of aromatic nitrogens is 2. The Bertz CT molecular complexity index is 2540. The number of aliphatic hydroxyl groups excluding tert-OH is 1. The molecule has 0 bridgehead atoms. The number of nitrogens with one attached hydrogen (secondary N) is 3.